The molecule has 80 valence electrons. The second kappa shape index (κ2) is 10.4. The molecule has 0 rings (SSSR count). The first-order valence-corrected chi connectivity index (χ1v) is 6.54. The maximum Gasteiger partial charge on any atom is 0.0636 e. The Balaban J connectivity index is 2.84. The smallest absolute Gasteiger partial charge is 0.0636 e. The van der Waals surface area contributed by atoms with E-state index in [4.69, 9.17) is 5.11 Å². The van der Waals surface area contributed by atoms with Gasteiger partial charge in [0.05, 0.1) is 6.10 Å². The Hall–Kier alpha value is 0.270. The van der Waals surface area contributed by atoms with Gasteiger partial charge >= 0.3 is 0 Å². The quantitative estimate of drug-likeness (QED) is 0.564. The maximum atomic E-state index is 8.96. The Morgan fingerprint density at radius 1 is 1.23 bits per heavy atom. The lowest BCUT2D eigenvalue weighted by molar-refractivity contribution is 0.191. The molecule has 0 bridgehead atoms. The highest BCUT2D eigenvalue weighted by atomic mass is 32.2. The molecule has 1 atom stereocenters. The van der Waals surface area contributed by atoms with Gasteiger partial charge in [-0.25, -0.2) is 0 Å². The molecular formula is C10H23NOS. The third-order valence-electron chi connectivity index (χ3n) is 1.89. The summed E-state index contributed by atoms with van der Waals surface area (Å²) in [7, 11) is 0. The molecule has 0 aromatic heterocycles. The Bertz CT molecular complexity index is 98.9. The summed E-state index contributed by atoms with van der Waals surface area (Å²) < 4.78 is 0. The van der Waals surface area contributed by atoms with Gasteiger partial charge in [0.15, 0.2) is 0 Å². The number of aliphatic hydroxyl groups excluding tert-OH is 1. The Morgan fingerprint density at radius 2 is 1.92 bits per heavy atom. The zero-order chi connectivity index (χ0) is 9.94. The minimum absolute atomic E-state index is 0.212. The van der Waals surface area contributed by atoms with Gasteiger partial charge < -0.3 is 10.4 Å². The molecule has 2 N–H and O–H groups in total. The van der Waals surface area contributed by atoms with E-state index in [0.717, 1.165) is 13.1 Å². The minimum atomic E-state index is -0.212. The van der Waals surface area contributed by atoms with Crippen LogP contribution < -0.4 is 5.32 Å². The summed E-state index contributed by atoms with van der Waals surface area (Å²) in [6.07, 6.45) is 7.18. The number of thioether (sulfide) groups is 1. The average Bonchev–Trinajstić information content (AvgIpc) is 2.09. The number of nitrogens with one attached hydrogen (secondary N) is 1. The highest BCUT2D eigenvalue weighted by Gasteiger charge is 1.93. The molecule has 0 aliphatic rings. The molecule has 0 spiro atoms. The van der Waals surface area contributed by atoms with Crippen LogP contribution in [0.4, 0.5) is 0 Å². The van der Waals surface area contributed by atoms with Crippen LogP contribution in [-0.2, 0) is 0 Å². The Labute approximate surface area is 86.5 Å². The maximum absolute atomic E-state index is 8.96. The standard InChI is InChI=1S/C10H23NOS/c1-10(12)9-11-7-5-3-4-6-8-13-2/h10-12H,3-9H2,1-2H3/t10-/m0/s1. The van der Waals surface area contributed by atoms with Gasteiger partial charge in [-0.2, -0.15) is 11.8 Å². The summed E-state index contributed by atoms with van der Waals surface area (Å²) in [5, 5.41) is 12.2. The van der Waals surface area contributed by atoms with E-state index in [1.165, 1.54) is 31.4 Å². The first-order valence-electron chi connectivity index (χ1n) is 5.15. The van der Waals surface area contributed by atoms with Crippen molar-refractivity contribution >= 4 is 11.8 Å². The molecule has 0 aromatic carbocycles. The Morgan fingerprint density at radius 3 is 2.54 bits per heavy atom. The topological polar surface area (TPSA) is 32.3 Å². The number of unbranched alkanes of at least 4 members (excludes halogenated alkanes) is 3. The predicted molar refractivity (Wildman–Crippen MR) is 61.4 cm³/mol. The van der Waals surface area contributed by atoms with E-state index in [0.29, 0.717) is 0 Å². The molecule has 2 nitrogen and oxygen atoms in total. The molecule has 0 aromatic rings. The summed E-state index contributed by atoms with van der Waals surface area (Å²) in [6, 6.07) is 0. The fourth-order valence-electron chi connectivity index (χ4n) is 1.16. The first-order chi connectivity index (χ1) is 6.27. The van der Waals surface area contributed by atoms with Gasteiger partial charge in [0, 0.05) is 6.54 Å². The highest BCUT2D eigenvalue weighted by Crippen LogP contribution is 2.03. The first kappa shape index (κ1) is 13.3. The zero-order valence-electron chi connectivity index (χ0n) is 8.88. The SMILES string of the molecule is CSCCCCCCNC[C@H](C)O. The molecule has 0 saturated heterocycles. The van der Waals surface area contributed by atoms with Crippen LogP contribution in [0, 0.1) is 0 Å². The number of rotatable bonds is 9. The van der Waals surface area contributed by atoms with Crippen molar-refractivity contribution in [3.05, 3.63) is 0 Å². The van der Waals surface area contributed by atoms with Crippen molar-refractivity contribution in [3.63, 3.8) is 0 Å². The van der Waals surface area contributed by atoms with Gasteiger partial charge in [-0.15, -0.1) is 0 Å². The second-order valence-electron chi connectivity index (χ2n) is 3.46. The van der Waals surface area contributed by atoms with Gasteiger partial charge in [-0.1, -0.05) is 12.8 Å². The molecule has 0 heterocycles. The van der Waals surface area contributed by atoms with E-state index < -0.39 is 0 Å². The summed E-state index contributed by atoms with van der Waals surface area (Å²) in [4.78, 5) is 0. The van der Waals surface area contributed by atoms with Crippen LogP contribution in [0.3, 0.4) is 0 Å². The molecule has 0 radical (unpaired) electrons. The van der Waals surface area contributed by atoms with E-state index in [-0.39, 0.29) is 6.10 Å². The van der Waals surface area contributed by atoms with Crippen molar-refractivity contribution in [3.8, 4) is 0 Å². The fourth-order valence-corrected chi connectivity index (χ4v) is 1.65. The molecule has 0 unspecified atom stereocenters. The van der Waals surface area contributed by atoms with Crippen LogP contribution in [0.15, 0.2) is 0 Å². The van der Waals surface area contributed by atoms with Gasteiger partial charge in [0.25, 0.3) is 0 Å². The van der Waals surface area contributed by atoms with E-state index in [9.17, 15) is 0 Å². The summed E-state index contributed by atoms with van der Waals surface area (Å²) in [5.41, 5.74) is 0. The molecule has 0 aliphatic carbocycles. The predicted octanol–water partition coefficient (Wildman–Crippen LogP) is 1.88. The lowest BCUT2D eigenvalue weighted by Gasteiger charge is -2.06. The van der Waals surface area contributed by atoms with Gasteiger partial charge in [0.1, 0.15) is 0 Å². The summed E-state index contributed by atoms with van der Waals surface area (Å²) in [5.74, 6) is 1.29. The lowest BCUT2D eigenvalue weighted by Crippen LogP contribution is -2.25. The van der Waals surface area contributed by atoms with Crippen molar-refractivity contribution in [2.75, 3.05) is 25.1 Å². The van der Waals surface area contributed by atoms with Crippen molar-refractivity contribution < 1.29 is 5.11 Å². The van der Waals surface area contributed by atoms with E-state index in [1.54, 1.807) is 0 Å². The minimum Gasteiger partial charge on any atom is -0.392 e. The van der Waals surface area contributed by atoms with Crippen molar-refractivity contribution in [2.24, 2.45) is 0 Å². The van der Waals surface area contributed by atoms with Crippen LogP contribution in [0.25, 0.3) is 0 Å². The summed E-state index contributed by atoms with van der Waals surface area (Å²) in [6.45, 7) is 3.58. The van der Waals surface area contributed by atoms with Crippen molar-refractivity contribution in [1.82, 2.24) is 5.32 Å². The molecular weight excluding hydrogens is 182 g/mol. The molecule has 13 heavy (non-hydrogen) atoms. The van der Waals surface area contributed by atoms with E-state index in [2.05, 4.69) is 11.6 Å². The molecule has 0 fully saturated rings. The van der Waals surface area contributed by atoms with E-state index >= 15 is 0 Å². The third kappa shape index (κ3) is 12.3. The molecule has 0 aliphatic heterocycles. The second-order valence-corrected chi connectivity index (χ2v) is 4.45. The van der Waals surface area contributed by atoms with Crippen molar-refractivity contribution in [2.45, 2.75) is 38.7 Å². The highest BCUT2D eigenvalue weighted by molar-refractivity contribution is 7.98. The monoisotopic (exact) mass is 205 g/mol. The fraction of sp³-hybridized carbons (Fsp3) is 1.00. The average molecular weight is 205 g/mol. The molecule has 3 heteroatoms. The van der Waals surface area contributed by atoms with Crippen LogP contribution in [-0.4, -0.2) is 36.3 Å². The third-order valence-corrected chi connectivity index (χ3v) is 2.59. The van der Waals surface area contributed by atoms with Crippen LogP contribution >= 0.6 is 11.8 Å². The van der Waals surface area contributed by atoms with E-state index in [1.807, 2.05) is 18.7 Å². The van der Waals surface area contributed by atoms with Crippen LogP contribution in [0.1, 0.15) is 32.6 Å². The van der Waals surface area contributed by atoms with Gasteiger partial charge in [0.2, 0.25) is 0 Å². The van der Waals surface area contributed by atoms with Crippen LogP contribution in [0.2, 0.25) is 0 Å². The van der Waals surface area contributed by atoms with Gasteiger partial charge in [-0.05, 0) is 38.3 Å². The normalized spacial score (nSPS) is 13.2. The lowest BCUT2D eigenvalue weighted by atomic mass is 10.2. The molecule has 0 saturated carbocycles. The van der Waals surface area contributed by atoms with Crippen LogP contribution in [0.5, 0.6) is 0 Å². The van der Waals surface area contributed by atoms with Gasteiger partial charge in [-0.3, -0.25) is 0 Å². The number of aliphatic hydroxyl groups is 1. The number of hydrogen-bond acceptors (Lipinski definition) is 3. The largest absolute Gasteiger partial charge is 0.392 e. The summed E-state index contributed by atoms with van der Waals surface area (Å²) >= 11 is 1.93. The Kier molecular flexibility index (Phi) is 10.6. The molecule has 0 amide bonds. The number of hydrogen-bond donors (Lipinski definition) is 2. The van der Waals surface area contributed by atoms with Crippen molar-refractivity contribution in [1.29, 1.82) is 0 Å². The zero-order valence-corrected chi connectivity index (χ0v) is 9.70.